The van der Waals surface area contributed by atoms with Gasteiger partial charge in [0.15, 0.2) is 12.5 Å². The highest BCUT2D eigenvalue weighted by Gasteiger charge is 1.98. The Hall–Kier alpha value is -0.350. The SMILES string of the molecule is SN1OC=CO1. The normalized spacial score (nSPS) is 20.2. The van der Waals surface area contributed by atoms with Crippen LogP contribution in [-0.2, 0) is 9.68 Å². The Morgan fingerprint density at radius 1 is 1.33 bits per heavy atom. The van der Waals surface area contributed by atoms with Crippen LogP contribution >= 0.6 is 12.8 Å². The van der Waals surface area contributed by atoms with E-state index in [-0.39, 0.29) is 0 Å². The Balaban J connectivity index is 2.32. The lowest BCUT2D eigenvalue weighted by Gasteiger charge is -1.99. The van der Waals surface area contributed by atoms with Gasteiger partial charge in [0.2, 0.25) is 0 Å². The van der Waals surface area contributed by atoms with E-state index in [1.54, 1.807) is 0 Å². The summed E-state index contributed by atoms with van der Waals surface area (Å²) in [6, 6.07) is 0. The fourth-order valence-corrected chi connectivity index (χ4v) is 0.288. The summed E-state index contributed by atoms with van der Waals surface area (Å²) in [6.07, 6.45) is 2.76. The summed E-state index contributed by atoms with van der Waals surface area (Å²) < 4.78 is 0.944. The van der Waals surface area contributed by atoms with Crippen LogP contribution in [0.5, 0.6) is 0 Å². The van der Waals surface area contributed by atoms with Crippen molar-refractivity contribution in [3.05, 3.63) is 12.5 Å². The molecule has 0 spiro atoms. The molecule has 0 amide bonds. The van der Waals surface area contributed by atoms with Crippen LogP contribution in [0.25, 0.3) is 0 Å². The molecule has 0 saturated carbocycles. The highest BCUT2D eigenvalue weighted by atomic mass is 32.1. The molecule has 0 atom stereocenters. The smallest absolute Gasteiger partial charge is 0.154 e. The van der Waals surface area contributed by atoms with E-state index >= 15 is 0 Å². The lowest BCUT2D eigenvalue weighted by Crippen LogP contribution is -1.98. The zero-order valence-electron chi connectivity index (χ0n) is 2.87. The molecule has 6 heavy (non-hydrogen) atoms. The number of rotatable bonds is 0. The predicted molar refractivity (Wildman–Crippen MR) is 22.1 cm³/mol. The maximum absolute atomic E-state index is 4.45. The quantitative estimate of drug-likeness (QED) is 0.453. The average Bonchev–Trinajstić information content (AvgIpc) is 1.86. The number of hydrogen-bond acceptors (Lipinski definition) is 4. The third-order valence-corrected chi connectivity index (χ3v) is 0.546. The van der Waals surface area contributed by atoms with Crippen LogP contribution in [-0.4, -0.2) is 4.63 Å². The van der Waals surface area contributed by atoms with Crippen molar-refractivity contribution >= 4 is 12.8 Å². The summed E-state index contributed by atoms with van der Waals surface area (Å²) in [6.45, 7) is 0. The van der Waals surface area contributed by atoms with E-state index in [9.17, 15) is 0 Å². The lowest BCUT2D eigenvalue weighted by atomic mass is 11.1. The Labute approximate surface area is 40.6 Å². The van der Waals surface area contributed by atoms with Crippen molar-refractivity contribution in [2.75, 3.05) is 0 Å². The molecule has 0 bridgehead atoms. The molecule has 1 aliphatic rings. The van der Waals surface area contributed by atoms with Gasteiger partial charge in [0.05, 0.1) is 4.63 Å². The number of thiol groups is 1. The first-order chi connectivity index (χ1) is 2.89. The largest absolute Gasteiger partial charge is 0.367 e. The zero-order valence-corrected chi connectivity index (χ0v) is 3.76. The van der Waals surface area contributed by atoms with Crippen molar-refractivity contribution in [3.8, 4) is 0 Å². The van der Waals surface area contributed by atoms with Gasteiger partial charge in [-0.15, -0.1) is 0 Å². The van der Waals surface area contributed by atoms with E-state index in [4.69, 9.17) is 0 Å². The Kier molecular flexibility index (Phi) is 0.894. The Bertz CT molecular complexity index is 65.9. The topological polar surface area (TPSA) is 21.7 Å². The molecule has 1 aliphatic heterocycles. The summed E-state index contributed by atoms with van der Waals surface area (Å²) in [4.78, 5) is 8.90. The van der Waals surface area contributed by atoms with Crippen molar-refractivity contribution in [2.24, 2.45) is 0 Å². The highest BCUT2D eigenvalue weighted by molar-refractivity contribution is 7.77. The number of hydrogen-bond donors (Lipinski definition) is 1. The third-order valence-electron chi connectivity index (χ3n) is 0.358. The molecular formula is C2H3NO2S. The van der Waals surface area contributed by atoms with Crippen molar-refractivity contribution in [1.82, 2.24) is 4.63 Å². The van der Waals surface area contributed by atoms with Gasteiger partial charge in [-0.25, -0.2) is 0 Å². The van der Waals surface area contributed by atoms with Crippen LogP contribution in [0.15, 0.2) is 12.5 Å². The molecule has 0 N–H and O–H groups in total. The molecule has 0 aromatic rings. The van der Waals surface area contributed by atoms with Gasteiger partial charge in [-0.3, -0.25) is 0 Å². The zero-order chi connectivity index (χ0) is 4.41. The molecule has 34 valence electrons. The Morgan fingerprint density at radius 2 is 1.83 bits per heavy atom. The van der Waals surface area contributed by atoms with Gasteiger partial charge in [-0.1, -0.05) is 0 Å². The van der Waals surface area contributed by atoms with Crippen LogP contribution in [0.1, 0.15) is 0 Å². The maximum Gasteiger partial charge on any atom is 0.154 e. The molecule has 0 aromatic heterocycles. The van der Waals surface area contributed by atoms with Crippen molar-refractivity contribution < 1.29 is 9.68 Å². The van der Waals surface area contributed by atoms with Crippen LogP contribution in [0.4, 0.5) is 0 Å². The van der Waals surface area contributed by atoms with Gasteiger partial charge >= 0.3 is 0 Å². The molecule has 0 saturated heterocycles. The van der Waals surface area contributed by atoms with Gasteiger partial charge in [0.1, 0.15) is 0 Å². The van der Waals surface area contributed by atoms with E-state index in [0.29, 0.717) is 0 Å². The summed E-state index contributed by atoms with van der Waals surface area (Å²) in [5.41, 5.74) is 0. The van der Waals surface area contributed by atoms with Gasteiger partial charge in [0.25, 0.3) is 0 Å². The van der Waals surface area contributed by atoms with Gasteiger partial charge in [-0.2, -0.15) is 0 Å². The first-order valence-electron chi connectivity index (χ1n) is 1.37. The molecule has 0 radical (unpaired) electrons. The second kappa shape index (κ2) is 1.40. The fraction of sp³-hybridized carbons (Fsp3) is 0. The van der Waals surface area contributed by atoms with E-state index in [1.807, 2.05) is 0 Å². The van der Waals surface area contributed by atoms with E-state index < -0.39 is 0 Å². The van der Waals surface area contributed by atoms with Crippen molar-refractivity contribution in [1.29, 1.82) is 0 Å². The summed E-state index contributed by atoms with van der Waals surface area (Å²) in [5.74, 6) is 0. The molecule has 1 rings (SSSR count). The van der Waals surface area contributed by atoms with Crippen molar-refractivity contribution in [3.63, 3.8) is 0 Å². The van der Waals surface area contributed by atoms with E-state index in [2.05, 4.69) is 22.5 Å². The van der Waals surface area contributed by atoms with Gasteiger partial charge in [-0.05, 0) is 12.8 Å². The first-order valence-corrected chi connectivity index (χ1v) is 1.77. The molecule has 1 heterocycles. The minimum Gasteiger partial charge on any atom is -0.367 e. The molecule has 3 nitrogen and oxygen atoms in total. The third kappa shape index (κ3) is 0.580. The molecule has 0 aliphatic carbocycles. The molecule has 0 unspecified atom stereocenters. The fourth-order valence-electron chi connectivity index (χ4n) is 0.179. The molecule has 4 heteroatoms. The average molecular weight is 105 g/mol. The Morgan fingerprint density at radius 3 is 2.00 bits per heavy atom. The predicted octanol–water partition coefficient (Wildman–Crippen LogP) is 0.481. The minimum atomic E-state index is 0.944. The van der Waals surface area contributed by atoms with Crippen molar-refractivity contribution in [2.45, 2.75) is 0 Å². The number of nitrogens with zero attached hydrogens (tertiary/aromatic N) is 1. The minimum absolute atomic E-state index is 0.944. The van der Waals surface area contributed by atoms with Gasteiger partial charge < -0.3 is 9.68 Å². The lowest BCUT2D eigenvalue weighted by molar-refractivity contribution is -0.192. The highest BCUT2D eigenvalue weighted by Crippen LogP contribution is 2.03. The maximum atomic E-state index is 4.45. The molecule has 0 fully saturated rings. The molecular weight excluding hydrogens is 102 g/mol. The summed E-state index contributed by atoms with van der Waals surface area (Å²) in [5, 5.41) is 0. The van der Waals surface area contributed by atoms with Crippen LogP contribution < -0.4 is 0 Å². The summed E-state index contributed by atoms with van der Waals surface area (Å²) >= 11 is 3.62. The summed E-state index contributed by atoms with van der Waals surface area (Å²) in [7, 11) is 0. The van der Waals surface area contributed by atoms with Crippen LogP contribution in [0.3, 0.4) is 0 Å². The van der Waals surface area contributed by atoms with Crippen LogP contribution in [0.2, 0.25) is 0 Å². The second-order valence-electron chi connectivity index (χ2n) is 0.721. The van der Waals surface area contributed by atoms with Crippen LogP contribution in [0, 0.1) is 0 Å². The van der Waals surface area contributed by atoms with E-state index in [0.717, 1.165) is 4.63 Å². The monoisotopic (exact) mass is 105 g/mol. The van der Waals surface area contributed by atoms with Gasteiger partial charge in [0, 0.05) is 0 Å². The first kappa shape index (κ1) is 3.83. The van der Waals surface area contributed by atoms with E-state index in [1.165, 1.54) is 12.5 Å². The molecule has 0 aromatic carbocycles. The standard InChI is InChI=1S/C2H3NO2S/c6-3-4-1-2-5-3/h1-2,6H. The second-order valence-corrected chi connectivity index (χ2v) is 1.05.